The smallest absolute Gasteiger partial charge is 0.252 e. The van der Waals surface area contributed by atoms with Crippen LogP contribution in [0.25, 0.3) is 34.2 Å². The van der Waals surface area contributed by atoms with Crippen molar-refractivity contribution in [2.75, 3.05) is 9.80 Å². The Morgan fingerprint density at radius 3 is 0.985 bits per heavy atom. The first kappa shape index (κ1) is 44.1. The molecular weight excluding hydrogens is 814 g/mol. The topological polar surface area (TPSA) is 45.2 Å². The summed E-state index contributed by atoms with van der Waals surface area (Å²) in [6.45, 7) is 27.8. The molecule has 7 aromatic carbocycles. The third kappa shape index (κ3) is 8.05. The van der Waals surface area contributed by atoms with Crippen molar-refractivity contribution in [1.29, 1.82) is 0 Å². The Labute approximate surface area is 399 Å². The summed E-state index contributed by atoms with van der Waals surface area (Å²) in [5, 5.41) is 0. The highest BCUT2D eigenvalue weighted by Gasteiger charge is 2.44. The molecule has 0 radical (unpaired) electrons. The average molecular weight is 876 g/mol. The van der Waals surface area contributed by atoms with Gasteiger partial charge in [0.05, 0.1) is 0 Å². The van der Waals surface area contributed by atoms with Gasteiger partial charge in [-0.15, -0.1) is 0 Å². The summed E-state index contributed by atoms with van der Waals surface area (Å²) >= 11 is 0. The standard InChI is InChI=1S/C61H62BN5/c1-58(2,3)42-33-43(59(4,5)6)36-46(35-42)66-50-29-21-19-27-48(50)62-49-28-20-22-30-51(49)67(47-37-44(60(7,8)9)34-45(38-47)61(10,11)12)53-32-41(31-52(66)54(53)62)57-64-55(39-23-15-13-16-24-39)63-56(65-57)40-25-17-14-18-26-40/h13-38H,1-12H3. The zero-order valence-corrected chi connectivity index (χ0v) is 41.3. The average Bonchev–Trinajstić information content (AvgIpc) is 3.30. The van der Waals surface area contributed by atoms with E-state index in [1.54, 1.807) is 0 Å². The van der Waals surface area contributed by atoms with E-state index >= 15 is 0 Å². The molecule has 2 aliphatic heterocycles. The van der Waals surface area contributed by atoms with Gasteiger partial charge in [0.1, 0.15) is 0 Å². The number of benzene rings is 7. The van der Waals surface area contributed by atoms with E-state index in [2.05, 4.69) is 214 Å². The van der Waals surface area contributed by atoms with E-state index in [1.165, 1.54) is 50.0 Å². The Balaban J connectivity index is 1.35. The molecule has 0 amide bonds. The number of anilines is 6. The highest BCUT2D eigenvalue weighted by Crippen LogP contribution is 2.48. The minimum absolute atomic E-state index is 0.0298. The highest BCUT2D eigenvalue weighted by atomic mass is 15.2. The van der Waals surface area contributed by atoms with E-state index in [1.807, 2.05) is 36.4 Å². The molecule has 0 saturated heterocycles. The summed E-state index contributed by atoms with van der Waals surface area (Å²) in [5.41, 5.74) is 18.4. The Morgan fingerprint density at radius 1 is 0.328 bits per heavy atom. The highest BCUT2D eigenvalue weighted by molar-refractivity contribution is 7.00. The van der Waals surface area contributed by atoms with Crippen LogP contribution in [0.1, 0.15) is 105 Å². The van der Waals surface area contributed by atoms with Gasteiger partial charge < -0.3 is 9.80 Å². The third-order valence-electron chi connectivity index (χ3n) is 13.7. The second-order valence-electron chi connectivity index (χ2n) is 22.7. The van der Waals surface area contributed by atoms with Gasteiger partial charge in [-0.1, -0.05) is 192 Å². The zero-order chi connectivity index (χ0) is 47.2. The number of hydrogen-bond acceptors (Lipinski definition) is 5. The van der Waals surface area contributed by atoms with Crippen LogP contribution in [0, 0.1) is 0 Å². The SMILES string of the molecule is CC(C)(C)c1cc(N2c3ccccc3B3c4ccccc4N(c4cc(C(C)(C)C)cc(C(C)(C)C)c4)c4cc(-c5nc(-c6ccccc6)nc(-c6ccccc6)n5)cc2c43)cc(C(C)(C)C)c1. The molecule has 0 spiro atoms. The van der Waals surface area contributed by atoms with Gasteiger partial charge in [0.15, 0.2) is 17.5 Å². The largest absolute Gasteiger partial charge is 0.311 e. The van der Waals surface area contributed by atoms with E-state index < -0.39 is 0 Å². The van der Waals surface area contributed by atoms with Crippen LogP contribution in [0.15, 0.2) is 158 Å². The van der Waals surface area contributed by atoms with Crippen LogP contribution in [0.5, 0.6) is 0 Å². The maximum absolute atomic E-state index is 5.37. The summed E-state index contributed by atoms with van der Waals surface area (Å²) in [4.78, 5) is 20.9. The number of nitrogens with zero attached hydrogens (tertiary/aromatic N) is 5. The minimum atomic E-state index is -0.0831. The van der Waals surface area contributed by atoms with Gasteiger partial charge in [-0.05, 0) is 109 Å². The van der Waals surface area contributed by atoms with E-state index in [9.17, 15) is 0 Å². The van der Waals surface area contributed by atoms with Crippen molar-refractivity contribution in [2.45, 2.75) is 105 Å². The summed E-state index contributed by atoms with van der Waals surface area (Å²) in [6, 6.07) is 57.9. The molecule has 0 bridgehead atoms. The van der Waals surface area contributed by atoms with Crippen LogP contribution < -0.4 is 26.2 Å². The number of rotatable bonds is 5. The monoisotopic (exact) mass is 876 g/mol. The summed E-state index contributed by atoms with van der Waals surface area (Å²) in [6.07, 6.45) is 0. The van der Waals surface area contributed by atoms with Crippen molar-refractivity contribution in [2.24, 2.45) is 0 Å². The Hall–Kier alpha value is -6.79. The number of hydrogen-bond donors (Lipinski definition) is 0. The molecule has 0 atom stereocenters. The lowest BCUT2D eigenvalue weighted by molar-refractivity contribution is 0.568. The van der Waals surface area contributed by atoms with Crippen molar-refractivity contribution >= 4 is 57.2 Å². The fourth-order valence-electron chi connectivity index (χ4n) is 9.73. The molecule has 5 nitrogen and oxygen atoms in total. The number of aromatic nitrogens is 3. The molecule has 8 aromatic rings. The Morgan fingerprint density at radius 2 is 0.642 bits per heavy atom. The van der Waals surface area contributed by atoms with Crippen molar-refractivity contribution < 1.29 is 0 Å². The maximum atomic E-state index is 5.37. The summed E-state index contributed by atoms with van der Waals surface area (Å²) in [7, 11) is 0. The molecule has 6 heteroatoms. The van der Waals surface area contributed by atoms with Crippen LogP contribution >= 0.6 is 0 Å². The van der Waals surface area contributed by atoms with Crippen molar-refractivity contribution in [3.63, 3.8) is 0 Å². The molecular formula is C61H62BN5. The minimum Gasteiger partial charge on any atom is -0.311 e. The van der Waals surface area contributed by atoms with E-state index in [4.69, 9.17) is 15.0 Å². The third-order valence-corrected chi connectivity index (χ3v) is 13.7. The fourth-order valence-corrected chi connectivity index (χ4v) is 9.73. The predicted molar refractivity (Wildman–Crippen MR) is 285 cm³/mol. The first-order valence-corrected chi connectivity index (χ1v) is 23.9. The molecule has 10 rings (SSSR count). The van der Waals surface area contributed by atoms with Crippen molar-refractivity contribution in [1.82, 2.24) is 15.0 Å². The lowest BCUT2D eigenvalue weighted by Gasteiger charge is -2.45. The molecule has 1 aromatic heterocycles. The zero-order valence-electron chi connectivity index (χ0n) is 41.3. The normalized spacial score (nSPS) is 13.6. The summed E-state index contributed by atoms with van der Waals surface area (Å²) < 4.78 is 0. The van der Waals surface area contributed by atoms with E-state index in [0.29, 0.717) is 17.5 Å². The predicted octanol–water partition coefficient (Wildman–Crippen LogP) is 14.1. The molecule has 67 heavy (non-hydrogen) atoms. The van der Waals surface area contributed by atoms with Gasteiger partial charge in [0.25, 0.3) is 6.71 Å². The quantitative estimate of drug-likeness (QED) is 0.161. The maximum Gasteiger partial charge on any atom is 0.252 e. The van der Waals surface area contributed by atoms with Crippen molar-refractivity contribution in [3.8, 4) is 34.2 Å². The second kappa shape index (κ2) is 15.9. The van der Waals surface area contributed by atoms with E-state index in [0.717, 1.165) is 39.4 Å². The first-order valence-electron chi connectivity index (χ1n) is 23.9. The number of fused-ring (bicyclic) bond motifs is 4. The molecule has 0 N–H and O–H groups in total. The fraction of sp³-hybridized carbons (Fsp3) is 0.262. The van der Waals surface area contributed by atoms with Gasteiger partial charge in [-0.3, -0.25) is 0 Å². The van der Waals surface area contributed by atoms with Crippen LogP contribution in [-0.2, 0) is 21.7 Å². The molecule has 0 saturated carbocycles. The molecule has 0 aliphatic carbocycles. The van der Waals surface area contributed by atoms with Gasteiger partial charge in [-0.2, -0.15) is 0 Å². The summed E-state index contributed by atoms with van der Waals surface area (Å²) in [5.74, 6) is 1.90. The Bertz CT molecular complexity index is 2910. The van der Waals surface area contributed by atoms with Crippen LogP contribution in [0.4, 0.5) is 34.1 Å². The molecule has 0 fully saturated rings. The van der Waals surface area contributed by atoms with E-state index in [-0.39, 0.29) is 28.4 Å². The Kier molecular flexibility index (Phi) is 10.5. The van der Waals surface area contributed by atoms with Crippen LogP contribution in [-0.4, -0.2) is 21.7 Å². The number of para-hydroxylation sites is 2. The van der Waals surface area contributed by atoms with Gasteiger partial charge >= 0.3 is 0 Å². The van der Waals surface area contributed by atoms with Crippen LogP contribution in [0.3, 0.4) is 0 Å². The molecule has 3 heterocycles. The molecule has 0 unspecified atom stereocenters. The second-order valence-corrected chi connectivity index (χ2v) is 22.7. The van der Waals surface area contributed by atoms with Gasteiger partial charge in [-0.25, -0.2) is 15.0 Å². The van der Waals surface area contributed by atoms with Gasteiger partial charge in [0.2, 0.25) is 0 Å². The van der Waals surface area contributed by atoms with Crippen molar-refractivity contribution in [3.05, 3.63) is 180 Å². The van der Waals surface area contributed by atoms with Crippen LogP contribution in [0.2, 0.25) is 0 Å². The molecule has 334 valence electrons. The first-order chi connectivity index (χ1) is 31.7. The van der Waals surface area contributed by atoms with Gasteiger partial charge in [0, 0.05) is 50.8 Å². The molecule has 2 aliphatic rings. The lowest BCUT2D eigenvalue weighted by Crippen LogP contribution is -2.61. The lowest BCUT2D eigenvalue weighted by atomic mass is 9.33.